The van der Waals surface area contributed by atoms with Gasteiger partial charge in [0.1, 0.15) is 5.75 Å². The van der Waals surface area contributed by atoms with Crippen molar-refractivity contribution in [2.45, 2.75) is 13.0 Å². The second-order valence-corrected chi connectivity index (χ2v) is 5.31. The minimum atomic E-state index is -0.615. The maximum absolute atomic E-state index is 12.3. The molecule has 0 saturated carbocycles. The van der Waals surface area contributed by atoms with Gasteiger partial charge in [-0.1, -0.05) is 28.1 Å². The van der Waals surface area contributed by atoms with E-state index in [4.69, 9.17) is 4.74 Å². The lowest BCUT2D eigenvalue weighted by molar-refractivity contribution is -0.139. The number of benzene rings is 1. The molecule has 0 unspecified atom stereocenters. The summed E-state index contributed by atoms with van der Waals surface area (Å²) in [7, 11) is 1.60. The number of alkyl halides is 1. The van der Waals surface area contributed by atoms with E-state index in [-0.39, 0.29) is 18.4 Å². The van der Waals surface area contributed by atoms with Gasteiger partial charge in [0.25, 0.3) is 0 Å². The molecule has 6 nitrogen and oxygen atoms in total. The third kappa shape index (κ3) is 3.09. The average molecular weight is 369 g/mol. The maximum atomic E-state index is 12.3. The SMILES string of the molecule is CCOC(=O)C1=C(CBr)N(C)C(=O)N[C@H]1c1ccc(O)cc1. The first kappa shape index (κ1) is 16.4. The van der Waals surface area contributed by atoms with Crippen LogP contribution in [0.25, 0.3) is 0 Å². The Kier molecular flexibility index (Phi) is 5.07. The number of nitrogens with zero attached hydrogens (tertiary/aromatic N) is 1. The van der Waals surface area contributed by atoms with Gasteiger partial charge in [-0.05, 0) is 24.6 Å². The number of hydrogen-bond acceptors (Lipinski definition) is 4. The van der Waals surface area contributed by atoms with E-state index in [2.05, 4.69) is 21.2 Å². The summed E-state index contributed by atoms with van der Waals surface area (Å²) in [6, 6.07) is 5.43. The van der Waals surface area contributed by atoms with Crippen molar-refractivity contribution in [1.82, 2.24) is 10.2 Å². The van der Waals surface area contributed by atoms with Crippen molar-refractivity contribution in [3.8, 4) is 5.75 Å². The lowest BCUT2D eigenvalue weighted by Gasteiger charge is -2.34. The molecule has 22 heavy (non-hydrogen) atoms. The predicted octanol–water partition coefficient (Wildman–Crippen LogP) is 2.30. The molecule has 0 fully saturated rings. The van der Waals surface area contributed by atoms with E-state index in [1.54, 1.807) is 26.1 Å². The molecule has 7 heteroatoms. The fourth-order valence-corrected chi connectivity index (χ4v) is 2.96. The third-order valence-electron chi connectivity index (χ3n) is 3.43. The molecule has 1 atom stereocenters. The molecule has 0 aliphatic carbocycles. The van der Waals surface area contributed by atoms with Crippen LogP contribution in [0.2, 0.25) is 0 Å². The van der Waals surface area contributed by atoms with Crippen molar-refractivity contribution in [1.29, 1.82) is 0 Å². The van der Waals surface area contributed by atoms with E-state index >= 15 is 0 Å². The van der Waals surface area contributed by atoms with Crippen LogP contribution in [-0.4, -0.2) is 41.0 Å². The summed E-state index contributed by atoms with van der Waals surface area (Å²) in [6.07, 6.45) is 0. The monoisotopic (exact) mass is 368 g/mol. The van der Waals surface area contributed by atoms with E-state index in [1.165, 1.54) is 17.0 Å². The lowest BCUT2D eigenvalue weighted by Crippen LogP contribution is -2.47. The number of amides is 2. The van der Waals surface area contributed by atoms with Crippen molar-refractivity contribution < 1.29 is 19.4 Å². The molecule has 0 saturated heterocycles. The van der Waals surface area contributed by atoms with Crippen molar-refractivity contribution >= 4 is 27.9 Å². The molecular formula is C15H17BrN2O4. The molecule has 1 aliphatic rings. The maximum Gasteiger partial charge on any atom is 0.338 e. The molecule has 0 spiro atoms. The molecule has 2 N–H and O–H groups in total. The van der Waals surface area contributed by atoms with Crippen LogP contribution < -0.4 is 5.32 Å². The quantitative estimate of drug-likeness (QED) is 0.631. The van der Waals surface area contributed by atoms with Crippen molar-refractivity contribution in [3.63, 3.8) is 0 Å². The molecule has 2 amide bonds. The number of esters is 1. The number of ether oxygens (including phenoxy) is 1. The molecule has 1 aliphatic heterocycles. The highest BCUT2D eigenvalue weighted by atomic mass is 79.9. The molecule has 2 rings (SSSR count). The molecule has 1 aromatic carbocycles. The first-order chi connectivity index (χ1) is 10.5. The zero-order chi connectivity index (χ0) is 16.3. The van der Waals surface area contributed by atoms with Gasteiger partial charge in [0.05, 0.1) is 18.2 Å². The molecule has 118 valence electrons. The molecule has 0 bridgehead atoms. The molecule has 0 aromatic heterocycles. The van der Waals surface area contributed by atoms with E-state index in [0.29, 0.717) is 22.2 Å². The molecular weight excluding hydrogens is 352 g/mol. The second kappa shape index (κ2) is 6.83. The van der Waals surface area contributed by atoms with Gasteiger partial charge in [-0.3, -0.25) is 4.90 Å². The van der Waals surface area contributed by atoms with Crippen LogP contribution in [-0.2, 0) is 9.53 Å². The van der Waals surface area contributed by atoms with Crippen molar-refractivity contribution in [2.75, 3.05) is 19.0 Å². The Balaban J connectivity index is 2.53. The topological polar surface area (TPSA) is 78.9 Å². The highest BCUT2D eigenvalue weighted by Crippen LogP contribution is 2.32. The van der Waals surface area contributed by atoms with Crippen molar-refractivity contribution in [2.24, 2.45) is 0 Å². The van der Waals surface area contributed by atoms with Crippen LogP contribution in [0.5, 0.6) is 5.75 Å². The highest BCUT2D eigenvalue weighted by Gasteiger charge is 2.36. The largest absolute Gasteiger partial charge is 0.508 e. The van der Waals surface area contributed by atoms with Gasteiger partial charge in [-0.25, -0.2) is 9.59 Å². The fourth-order valence-electron chi connectivity index (χ4n) is 2.29. The van der Waals surface area contributed by atoms with E-state index < -0.39 is 12.0 Å². The number of halogens is 1. The second-order valence-electron chi connectivity index (χ2n) is 4.75. The van der Waals surface area contributed by atoms with Crippen LogP contribution in [0.3, 0.4) is 0 Å². The van der Waals surface area contributed by atoms with Crippen LogP contribution >= 0.6 is 15.9 Å². The number of carbonyl (C=O) groups is 2. The summed E-state index contributed by atoms with van der Waals surface area (Å²) in [4.78, 5) is 25.8. The summed E-state index contributed by atoms with van der Waals surface area (Å²) in [5.74, 6) is -0.354. The number of allylic oxidation sites excluding steroid dienone is 1. The Morgan fingerprint density at radius 3 is 2.59 bits per heavy atom. The number of carbonyl (C=O) groups excluding carboxylic acids is 2. The summed E-state index contributed by atoms with van der Waals surface area (Å²) in [5.41, 5.74) is 1.63. The van der Waals surface area contributed by atoms with Gasteiger partial charge in [-0.15, -0.1) is 0 Å². The Hall–Kier alpha value is -2.02. The number of hydrogen-bond donors (Lipinski definition) is 2. The van der Waals surface area contributed by atoms with Gasteiger partial charge in [0.2, 0.25) is 0 Å². The van der Waals surface area contributed by atoms with Gasteiger partial charge in [0, 0.05) is 18.1 Å². The van der Waals surface area contributed by atoms with Crippen molar-refractivity contribution in [3.05, 3.63) is 41.1 Å². The minimum absolute atomic E-state index is 0.116. The van der Waals surface area contributed by atoms with Crippen LogP contribution in [0.15, 0.2) is 35.5 Å². The van der Waals surface area contributed by atoms with Gasteiger partial charge in [0.15, 0.2) is 0 Å². The summed E-state index contributed by atoms with van der Waals surface area (Å²) in [6.45, 7) is 1.98. The zero-order valence-corrected chi connectivity index (χ0v) is 13.9. The Labute approximate surface area is 136 Å². The standard InChI is InChI=1S/C15H17BrN2O4/c1-3-22-14(20)12-11(8-16)18(2)15(21)17-13(12)9-4-6-10(19)7-5-9/h4-7,13,19H,3,8H2,1-2H3,(H,17,21)/t13-/m0/s1. The van der Waals surface area contributed by atoms with Crippen LogP contribution in [0, 0.1) is 0 Å². The number of rotatable bonds is 4. The highest BCUT2D eigenvalue weighted by molar-refractivity contribution is 9.09. The minimum Gasteiger partial charge on any atom is -0.508 e. The van der Waals surface area contributed by atoms with Crippen LogP contribution in [0.1, 0.15) is 18.5 Å². The molecule has 0 radical (unpaired) electrons. The zero-order valence-electron chi connectivity index (χ0n) is 12.3. The normalized spacial score (nSPS) is 18.2. The Morgan fingerprint density at radius 1 is 1.41 bits per heavy atom. The summed E-state index contributed by atoms with van der Waals surface area (Å²) in [5, 5.41) is 12.5. The van der Waals surface area contributed by atoms with E-state index in [1.807, 2.05) is 0 Å². The smallest absolute Gasteiger partial charge is 0.338 e. The summed E-state index contributed by atoms with van der Waals surface area (Å²) >= 11 is 3.32. The first-order valence-corrected chi connectivity index (χ1v) is 7.91. The number of phenols is 1. The third-order valence-corrected chi connectivity index (χ3v) is 3.96. The fraction of sp³-hybridized carbons (Fsp3) is 0.333. The lowest BCUT2D eigenvalue weighted by atomic mass is 9.95. The number of urea groups is 1. The molecule has 1 aromatic rings. The van der Waals surface area contributed by atoms with Gasteiger partial charge in [-0.2, -0.15) is 0 Å². The number of nitrogens with one attached hydrogen (secondary N) is 1. The van der Waals surface area contributed by atoms with Gasteiger partial charge >= 0.3 is 12.0 Å². The number of aromatic hydroxyl groups is 1. The van der Waals surface area contributed by atoms with E-state index in [0.717, 1.165) is 0 Å². The first-order valence-electron chi connectivity index (χ1n) is 6.78. The van der Waals surface area contributed by atoms with E-state index in [9.17, 15) is 14.7 Å². The Bertz CT molecular complexity index is 612. The van der Waals surface area contributed by atoms with Gasteiger partial charge < -0.3 is 15.2 Å². The average Bonchev–Trinajstić information content (AvgIpc) is 2.50. The Morgan fingerprint density at radius 2 is 2.05 bits per heavy atom. The molecule has 1 heterocycles. The summed E-state index contributed by atoms with van der Waals surface area (Å²) < 4.78 is 5.13. The number of phenolic OH excluding ortho intramolecular Hbond substituents is 1. The van der Waals surface area contributed by atoms with Crippen LogP contribution in [0.4, 0.5) is 4.79 Å². The predicted molar refractivity (Wildman–Crippen MR) is 84.6 cm³/mol.